The minimum Gasteiger partial charge on any atom is -0.396 e. The van der Waals surface area contributed by atoms with Crippen molar-refractivity contribution in [1.82, 2.24) is 9.88 Å². The van der Waals surface area contributed by atoms with E-state index >= 15 is 0 Å². The Hall–Kier alpha value is -1.83. The molecule has 1 aromatic carbocycles. The monoisotopic (exact) mass is 338 g/mol. The lowest BCUT2D eigenvalue weighted by molar-refractivity contribution is 0.0364. The Kier molecular flexibility index (Phi) is 5.46. The molecule has 2 aromatic rings. The van der Waals surface area contributed by atoms with Crippen LogP contribution in [0.15, 0.2) is 29.6 Å². The lowest BCUT2D eigenvalue weighted by Crippen LogP contribution is -2.41. The minimum absolute atomic E-state index is 0.186. The van der Waals surface area contributed by atoms with Gasteiger partial charge in [-0.3, -0.25) is 4.79 Å². The molecular weight excluding hydrogens is 319 g/mol. The largest absolute Gasteiger partial charge is 0.396 e. The Balaban J connectivity index is 2.17. The van der Waals surface area contributed by atoms with Crippen LogP contribution in [0, 0.1) is 11.2 Å². The van der Waals surface area contributed by atoms with Gasteiger partial charge in [-0.1, -0.05) is 19.1 Å². The van der Waals surface area contributed by atoms with Crippen molar-refractivity contribution in [1.29, 1.82) is 0 Å². The van der Waals surface area contributed by atoms with Gasteiger partial charge in [-0.2, -0.15) is 0 Å². The lowest BCUT2D eigenvalue weighted by Gasteiger charge is -2.29. The number of aliphatic hydroxyl groups is 2. The molecule has 0 aliphatic carbocycles. The van der Waals surface area contributed by atoms with E-state index in [4.69, 9.17) is 0 Å². The topological polar surface area (TPSA) is 73.7 Å². The molecule has 0 saturated carbocycles. The highest BCUT2D eigenvalue weighted by molar-refractivity contribution is 7.13. The van der Waals surface area contributed by atoms with E-state index in [1.807, 2.05) is 0 Å². The van der Waals surface area contributed by atoms with Crippen molar-refractivity contribution in [2.75, 3.05) is 26.8 Å². The van der Waals surface area contributed by atoms with E-state index in [9.17, 15) is 19.4 Å². The number of aromatic nitrogens is 1. The smallest absolute Gasteiger partial charge is 0.273 e. The van der Waals surface area contributed by atoms with Gasteiger partial charge in [0.05, 0.1) is 13.2 Å². The van der Waals surface area contributed by atoms with Gasteiger partial charge >= 0.3 is 0 Å². The van der Waals surface area contributed by atoms with Crippen molar-refractivity contribution in [3.05, 3.63) is 41.2 Å². The van der Waals surface area contributed by atoms with Gasteiger partial charge < -0.3 is 15.1 Å². The molecule has 0 aliphatic rings. The van der Waals surface area contributed by atoms with Crippen molar-refractivity contribution in [3.63, 3.8) is 0 Å². The van der Waals surface area contributed by atoms with E-state index in [2.05, 4.69) is 4.98 Å². The molecule has 0 unspecified atom stereocenters. The number of nitrogens with zero attached hydrogens (tertiary/aromatic N) is 2. The maximum Gasteiger partial charge on any atom is 0.273 e. The fourth-order valence-corrected chi connectivity index (χ4v) is 2.94. The molecular formula is C16H19FN2O3S. The SMILES string of the molecule is CN(CC(C)(CO)CO)C(=O)c1csc(-c2ccccc2F)n1. The first-order valence-electron chi connectivity index (χ1n) is 7.08. The van der Waals surface area contributed by atoms with Gasteiger partial charge in [0.2, 0.25) is 0 Å². The quantitative estimate of drug-likeness (QED) is 0.845. The van der Waals surface area contributed by atoms with E-state index < -0.39 is 5.41 Å². The second-order valence-electron chi connectivity index (χ2n) is 5.81. The maximum absolute atomic E-state index is 13.8. The Morgan fingerprint density at radius 1 is 1.35 bits per heavy atom. The van der Waals surface area contributed by atoms with Crippen LogP contribution in [-0.4, -0.2) is 52.8 Å². The van der Waals surface area contributed by atoms with Crippen LogP contribution < -0.4 is 0 Å². The molecule has 5 nitrogen and oxygen atoms in total. The lowest BCUT2D eigenvalue weighted by atomic mass is 9.92. The molecule has 23 heavy (non-hydrogen) atoms. The summed E-state index contributed by atoms with van der Waals surface area (Å²) in [5.41, 5.74) is -0.210. The van der Waals surface area contributed by atoms with E-state index in [0.717, 1.165) is 0 Å². The molecule has 0 aliphatic heterocycles. The van der Waals surface area contributed by atoms with Gasteiger partial charge in [-0.25, -0.2) is 9.37 Å². The summed E-state index contributed by atoms with van der Waals surface area (Å²) >= 11 is 1.19. The Morgan fingerprint density at radius 2 is 2.00 bits per heavy atom. The number of halogens is 1. The standard InChI is InChI=1S/C16H19FN2O3S/c1-16(9-20,10-21)8-19(2)15(22)13-7-23-14(18-13)11-5-3-4-6-12(11)17/h3-7,20-21H,8-10H2,1-2H3. The van der Waals surface area contributed by atoms with Crippen LogP contribution in [0.4, 0.5) is 4.39 Å². The van der Waals surface area contributed by atoms with Gasteiger partial charge in [0, 0.05) is 30.0 Å². The zero-order chi connectivity index (χ0) is 17.0. The summed E-state index contributed by atoms with van der Waals surface area (Å²) in [6.45, 7) is 1.39. The second-order valence-corrected chi connectivity index (χ2v) is 6.66. The predicted molar refractivity (Wildman–Crippen MR) is 86.7 cm³/mol. The predicted octanol–water partition coefficient (Wildman–Crippen LogP) is 2.01. The van der Waals surface area contributed by atoms with Crippen LogP contribution >= 0.6 is 11.3 Å². The zero-order valence-corrected chi connectivity index (χ0v) is 13.8. The van der Waals surface area contributed by atoms with Gasteiger partial charge in [-0.05, 0) is 12.1 Å². The number of hydrogen-bond donors (Lipinski definition) is 2. The molecule has 1 heterocycles. The van der Waals surface area contributed by atoms with Gasteiger partial charge in [0.1, 0.15) is 16.5 Å². The fourth-order valence-electron chi connectivity index (χ4n) is 2.12. The first kappa shape index (κ1) is 17.5. The second kappa shape index (κ2) is 7.16. The van der Waals surface area contributed by atoms with Crippen LogP contribution in [0.3, 0.4) is 0 Å². The molecule has 1 aromatic heterocycles. The molecule has 0 bridgehead atoms. The summed E-state index contributed by atoms with van der Waals surface area (Å²) in [6, 6.07) is 6.26. The first-order chi connectivity index (χ1) is 10.9. The first-order valence-corrected chi connectivity index (χ1v) is 7.96. The molecule has 0 radical (unpaired) electrons. The fraction of sp³-hybridized carbons (Fsp3) is 0.375. The highest BCUT2D eigenvalue weighted by Gasteiger charge is 2.27. The average Bonchev–Trinajstić information content (AvgIpc) is 3.04. The summed E-state index contributed by atoms with van der Waals surface area (Å²) in [4.78, 5) is 18.0. The highest BCUT2D eigenvalue weighted by atomic mass is 32.1. The van der Waals surface area contributed by atoms with E-state index in [1.54, 1.807) is 37.6 Å². The number of aliphatic hydroxyl groups excluding tert-OH is 2. The Labute approximate surface area is 138 Å². The minimum atomic E-state index is -0.783. The number of rotatable bonds is 6. The zero-order valence-electron chi connectivity index (χ0n) is 13.0. The molecule has 0 atom stereocenters. The number of carbonyl (C=O) groups excluding carboxylic acids is 1. The van der Waals surface area contributed by atoms with Crippen LogP contribution in [0.25, 0.3) is 10.6 Å². The van der Waals surface area contributed by atoms with Crippen LogP contribution in [-0.2, 0) is 0 Å². The molecule has 0 fully saturated rings. The number of hydrogen-bond acceptors (Lipinski definition) is 5. The normalized spacial score (nSPS) is 11.5. The number of carbonyl (C=O) groups is 1. The molecule has 2 N–H and O–H groups in total. The van der Waals surface area contributed by atoms with Crippen molar-refractivity contribution in [2.24, 2.45) is 5.41 Å². The summed E-state index contributed by atoms with van der Waals surface area (Å²) < 4.78 is 13.8. The molecule has 7 heteroatoms. The third kappa shape index (κ3) is 3.93. The number of amides is 1. The van der Waals surface area contributed by atoms with Crippen molar-refractivity contribution in [3.8, 4) is 10.6 Å². The molecule has 1 amide bonds. The Bertz CT molecular complexity index is 685. The Morgan fingerprint density at radius 3 is 2.61 bits per heavy atom. The third-order valence-corrected chi connectivity index (χ3v) is 4.43. The van der Waals surface area contributed by atoms with Crippen LogP contribution in [0.5, 0.6) is 0 Å². The van der Waals surface area contributed by atoms with E-state index in [1.165, 1.54) is 22.3 Å². The van der Waals surface area contributed by atoms with Gasteiger partial charge in [0.25, 0.3) is 5.91 Å². The maximum atomic E-state index is 13.8. The number of thiazole rings is 1. The average molecular weight is 338 g/mol. The molecule has 2 rings (SSSR count). The summed E-state index contributed by atoms with van der Waals surface area (Å²) in [6.07, 6.45) is 0. The molecule has 0 spiro atoms. The summed E-state index contributed by atoms with van der Waals surface area (Å²) in [5.74, 6) is -0.723. The summed E-state index contributed by atoms with van der Waals surface area (Å²) in [7, 11) is 1.58. The molecule has 124 valence electrons. The number of benzene rings is 1. The summed E-state index contributed by atoms with van der Waals surface area (Å²) in [5, 5.41) is 20.6. The van der Waals surface area contributed by atoms with Crippen LogP contribution in [0.1, 0.15) is 17.4 Å². The third-order valence-electron chi connectivity index (χ3n) is 3.56. The highest BCUT2D eigenvalue weighted by Crippen LogP contribution is 2.27. The molecule has 0 saturated heterocycles. The van der Waals surface area contributed by atoms with Crippen molar-refractivity contribution >= 4 is 17.2 Å². The van der Waals surface area contributed by atoms with Crippen molar-refractivity contribution in [2.45, 2.75) is 6.92 Å². The van der Waals surface area contributed by atoms with Gasteiger partial charge in [0.15, 0.2) is 0 Å². The van der Waals surface area contributed by atoms with Crippen molar-refractivity contribution < 1.29 is 19.4 Å². The van der Waals surface area contributed by atoms with Gasteiger partial charge in [-0.15, -0.1) is 11.3 Å². The van der Waals surface area contributed by atoms with E-state index in [0.29, 0.717) is 10.6 Å². The van der Waals surface area contributed by atoms with Crippen LogP contribution in [0.2, 0.25) is 0 Å². The van der Waals surface area contributed by atoms with E-state index in [-0.39, 0.29) is 37.2 Å².